The van der Waals surface area contributed by atoms with E-state index in [9.17, 15) is 4.79 Å². The Labute approximate surface area is 145 Å². The van der Waals surface area contributed by atoms with Crippen LogP contribution in [-0.2, 0) is 4.79 Å². The van der Waals surface area contributed by atoms with Crippen LogP contribution in [0.3, 0.4) is 0 Å². The van der Waals surface area contributed by atoms with E-state index in [1.54, 1.807) is 0 Å². The normalized spacial score (nSPS) is 11.3. The molecule has 0 rings (SSSR count). The molecule has 0 saturated heterocycles. The van der Waals surface area contributed by atoms with Crippen LogP contribution in [0.25, 0.3) is 0 Å². The van der Waals surface area contributed by atoms with E-state index in [4.69, 9.17) is 5.73 Å². The number of amides is 1. The molecule has 0 aliphatic heterocycles. The van der Waals surface area contributed by atoms with Crippen LogP contribution >= 0.6 is 0 Å². The second-order valence-electron chi connectivity index (χ2n) is 6.86. The minimum absolute atomic E-state index is 0.157. The van der Waals surface area contributed by atoms with Gasteiger partial charge in [0.2, 0.25) is 5.91 Å². The molecule has 0 unspecified atom stereocenters. The van der Waals surface area contributed by atoms with Crippen molar-refractivity contribution in [3.8, 4) is 0 Å². The van der Waals surface area contributed by atoms with Crippen molar-refractivity contribution in [3.05, 3.63) is 12.2 Å². The molecule has 136 valence electrons. The van der Waals surface area contributed by atoms with Crippen molar-refractivity contribution < 1.29 is 4.79 Å². The molecule has 0 aromatic carbocycles. The Morgan fingerprint density at radius 2 is 1.04 bits per heavy atom. The first-order valence-electron chi connectivity index (χ1n) is 10.2. The van der Waals surface area contributed by atoms with E-state index in [0.717, 1.165) is 12.8 Å². The molecule has 0 fully saturated rings. The van der Waals surface area contributed by atoms with Gasteiger partial charge >= 0.3 is 0 Å². The van der Waals surface area contributed by atoms with E-state index in [1.807, 2.05) is 0 Å². The second-order valence-corrected chi connectivity index (χ2v) is 6.86. The number of hydrogen-bond acceptors (Lipinski definition) is 1. The largest absolute Gasteiger partial charge is 0.370 e. The fraction of sp³-hybridized carbons (Fsp3) is 0.857. The van der Waals surface area contributed by atoms with E-state index < -0.39 is 0 Å². The average Bonchev–Trinajstić information content (AvgIpc) is 2.53. The van der Waals surface area contributed by atoms with E-state index in [0.29, 0.717) is 6.42 Å². The Bertz CT molecular complexity index is 273. The lowest BCUT2D eigenvalue weighted by atomic mass is 10.1. The highest BCUT2D eigenvalue weighted by atomic mass is 16.1. The van der Waals surface area contributed by atoms with Gasteiger partial charge in [0.15, 0.2) is 0 Å². The molecule has 0 aromatic heterocycles. The van der Waals surface area contributed by atoms with E-state index in [2.05, 4.69) is 19.1 Å². The summed E-state index contributed by atoms with van der Waals surface area (Å²) in [4.78, 5) is 10.6. The van der Waals surface area contributed by atoms with Crippen molar-refractivity contribution in [2.75, 3.05) is 0 Å². The summed E-state index contributed by atoms with van der Waals surface area (Å²) in [6.07, 6.45) is 26.3. The minimum atomic E-state index is -0.157. The molecule has 1 amide bonds. The number of nitrogens with two attached hydrogens (primary N) is 1. The number of unbranched alkanes of at least 4 members (excludes halogenated alkanes) is 14. The van der Waals surface area contributed by atoms with Gasteiger partial charge in [0, 0.05) is 6.42 Å². The van der Waals surface area contributed by atoms with Crippen molar-refractivity contribution in [3.63, 3.8) is 0 Å². The topological polar surface area (TPSA) is 43.1 Å². The summed E-state index contributed by atoms with van der Waals surface area (Å²) < 4.78 is 0. The van der Waals surface area contributed by atoms with Crippen LogP contribution in [0.2, 0.25) is 0 Å². The van der Waals surface area contributed by atoms with E-state index in [-0.39, 0.29) is 5.91 Å². The number of hydrogen-bond donors (Lipinski definition) is 1. The Hall–Kier alpha value is -0.790. The third-order valence-electron chi connectivity index (χ3n) is 4.43. The first-order chi connectivity index (χ1) is 11.3. The first-order valence-corrected chi connectivity index (χ1v) is 10.2. The highest BCUT2D eigenvalue weighted by Crippen LogP contribution is 2.12. The Morgan fingerprint density at radius 1 is 0.652 bits per heavy atom. The molecule has 2 nitrogen and oxygen atoms in total. The number of rotatable bonds is 18. The fourth-order valence-corrected chi connectivity index (χ4v) is 2.90. The minimum Gasteiger partial charge on any atom is -0.370 e. The van der Waals surface area contributed by atoms with Gasteiger partial charge in [-0.3, -0.25) is 4.79 Å². The van der Waals surface area contributed by atoms with Gasteiger partial charge in [-0.25, -0.2) is 0 Å². The molecule has 0 saturated carbocycles. The smallest absolute Gasteiger partial charge is 0.217 e. The Morgan fingerprint density at radius 3 is 1.48 bits per heavy atom. The van der Waals surface area contributed by atoms with Crippen LogP contribution in [0.5, 0.6) is 0 Å². The van der Waals surface area contributed by atoms with Crippen molar-refractivity contribution in [1.29, 1.82) is 0 Å². The third kappa shape index (κ3) is 21.2. The molecule has 0 radical (unpaired) electrons. The molecule has 23 heavy (non-hydrogen) atoms. The maximum absolute atomic E-state index is 10.6. The van der Waals surface area contributed by atoms with Crippen LogP contribution in [-0.4, -0.2) is 5.91 Å². The van der Waals surface area contributed by atoms with E-state index in [1.165, 1.54) is 89.9 Å². The summed E-state index contributed by atoms with van der Waals surface area (Å²) in [6.45, 7) is 2.27. The average molecular weight is 324 g/mol. The van der Waals surface area contributed by atoms with Gasteiger partial charge in [0.25, 0.3) is 0 Å². The number of allylic oxidation sites excluding steroid dienone is 2. The zero-order chi connectivity index (χ0) is 17.0. The quantitative estimate of drug-likeness (QED) is 0.222. The summed E-state index contributed by atoms with van der Waals surface area (Å²) in [7, 11) is 0. The summed E-state index contributed by atoms with van der Waals surface area (Å²) in [5.74, 6) is -0.157. The van der Waals surface area contributed by atoms with Crippen LogP contribution < -0.4 is 5.73 Å². The number of carbonyl (C=O) groups is 1. The standard InChI is InChI=1S/C21H41NO/c1-2-3-4-5-6-7-8-9-10-11-12-13-14-15-16-17-18-19-20-21(22)23/h8-9H,2-7,10-20H2,1H3,(H2,22,23)/b9-8-. The van der Waals surface area contributed by atoms with Gasteiger partial charge in [0.1, 0.15) is 0 Å². The van der Waals surface area contributed by atoms with Gasteiger partial charge in [-0.2, -0.15) is 0 Å². The van der Waals surface area contributed by atoms with Crippen LogP contribution in [0.4, 0.5) is 0 Å². The molecule has 0 aliphatic carbocycles. The maximum Gasteiger partial charge on any atom is 0.217 e. The lowest BCUT2D eigenvalue weighted by Crippen LogP contribution is -2.09. The highest BCUT2D eigenvalue weighted by Gasteiger charge is 1.95. The zero-order valence-electron chi connectivity index (χ0n) is 15.7. The predicted octanol–water partition coefficient (Wildman–Crippen LogP) is 6.68. The SMILES string of the molecule is CCCCCCC/C=C\CCCCCCCCCCCC(N)=O. The van der Waals surface area contributed by atoms with E-state index >= 15 is 0 Å². The van der Waals surface area contributed by atoms with Crippen LogP contribution in [0, 0.1) is 0 Å². The highest BCUT2D eigenvalue weighted by molar-refractivity contribution is 5.73. The molecule has 0 atom stereocenters. The molecule has 0 aromatic rings. The monoisotopic (exact) mass is 323 g/mol. The molecule has 0 bridgehead atoms. The summed E-state index contributed by atoms with van der Waals surface area (Å²) in [6, 6.07) is 0. The van der Waals surface area contributed by atoms with Gasteiger partial charge < -0.3 is 5.73 Å². The molecule has 0 spiro atoms. The summed E-state index contributed by atoms with van der Waals surface area (Å²) >= 11 is 0. The number of carbonyl (C=O) groups excluding carboxylic acids is 1. The summed E-state index contributed by atoms with van der Waals surface area (Å²) in [5.41, 5.74) is 5.12. The number of primary amides is 1. The van der Waals surface area contributed by atoms with Crippen LogP contribution in [0.15, 0.2) is 12.2 Å². The molecular weight excluding hydrogens is 282 g/mol. The lowest BCUT2D eigenvalue weighted by molar-refractivity contribution is -0.118. The summed E-state index contributed by atoms with van der Waals surface area (Å²) in [5, 5.41) is 0. The predicted molar refractivity (Wildman–Crippen MR) is 102 cm³/mol. The van der Waals surface area contributed by atoms with Gasteiger partial charge in [-0.1, -0.05) is 89.7 Å². The van der Waals surface area contributed by atoms with Crippen molar-refractivity contribution in [2.24, 2.45) is 5.73 Å². The third-order valence-corrected chi connectivity index (χ3v) is 4.43. The molecule has 0 heterocycles. The second kappa shape index (κ2) is 19.3. The van der Waals surface area contributed by atoms with Crippen molar-refractivity contribution >= 4 is 5.91 Å². The van der Waals surface area contributed by atoms with Crippen molar-refractivity contribution in [1.82, 2.24) is 0 Å². The Kier molecular flexibility index (Phi) is 18.6. The van der Waals surface area contributed by atoms with Gasteiger partial charge in [-0.05, 0) is 32.1 Å². The molecule has 0 aliphatic rings. The molecular formula is C21H41NO. The lowest BCUT2D eigenvalue weighted by Gasteiger charge is -2.01. The zero-order valence-corrected chi connectivity index (χ0v) is 15.7. The maximum atomic E-state index is 10.6. The van der Waals surface area contributed by atoms with Gasteiger partial charge in [-0.15, -0.1) is 0 Å². The van der Waals surface area contributed by atoms with Crippen LogP contribution in [0.1, 0.15) is 116 Å². The van der Waals surface area contributed by atoms with Crippen molar-refractivity contribution in [2.45, 2.75) is 116 Å². The Balaban J connectivity index is 3.06. The molecule has 2 N–H and O–H groups in total. The van der Waals surface area contributed by atoms with Gasteiger partial charge in [0.05, 0.1) is 0 Å². The fourth-order valence-electron chi connectivity index (χ4n) is 2.90. The molecule has 2 heteroatoms. The first kappa shape index (κ1) is 22.2.